The molecule has 9 heteroatoms. The zero-order valence-corrected chi connectivity index (χ0v) is 15.6. The van der Waals surface area contributed by atoms with Gasteiger partial charge in [-0.25, -0.2) is 8.78 Å². The van der Waals surface area contributed by atoms with Crippen LogP contribution >= 0.6 is 0 Å². The quantitative estimate of drug-likeness (QED) is 0.699. The van der Waals surface area contributed by atoms with Gasteiger partial charge in [-0.1, -0.05) is 6.07 Å². The number of nitrogens with zero attached hydrogens (tertiary/aromatic N) is 1. The lowest BCUT2D eigenvalue weighted by Gasteiger charge is -2.35. The Balaban J connectivity index is 2.24. The van der Waals surface area contributed by atoms with E-state index in [2.05, 4.69) is 5.32 Å². The number of rotatable bonds is 8. The molecule has 0 radical (unpaired) electrons. The second-order valence-corrected chi connectivity index (χ2v) is 6.67. The van der Waals surface area contributed by atoms with Gasteiger partial charge in [0.2, 0.25) is 11.8 Å². The number of benzene rings is 1. The second kappa shape index (κ2) is 10.1. The molecule has 0 aliphatic carbocycles. The Morgan fingerprint density at radius 2 is 1.86 bits per heavy atom. The van der Waals surface area contributed by atoms with Gasteiger partial charge in [0, 0.05) is 38.3 Å². The van der Waals surface area contributed by atoms with Gasteiger partial charge < -0.3 is 20.1 Å². The third-order valence-corrected chi connectivity index (χ3v) is 4.62. The Morgan fingerprint density at radius 1 is 1.25 bits per heavy atom. The van der Waals surface area contributed by atoms with Gasteiger partial charge in [0.15, 0.2) is 0 Å². The normalized spacial score (nSPS) is 15.7. The number of aliphatic carboxylic acids is 1. The van der Waals surface area contributed by atoms with Crippen LogP contribution in [0.2, 0.25) is 0 Å². The van der Waals surface area contributed by atoms with Crippen molar-refractivity contribution in [3.63, 3.8) is 0 Å². The predicted molar refractivity (Wildman–Crippen MR) is 95.3 cm³/mol. The van der Waals surface area contributed by atoms with Crippen LogP contribution in [0, 0.1) is 11.6 Å². The highest BCUT2D eigenvalue weighted by Gasteiger charge is 2.30. The van der Waals surface area contributed by atoms with E-state index in [4.69, 9.17) is 9.84 Å². The molecule has 2 rings (SSSR count). The number of carbonyl (C=O) groups excluding carboxylic acids is 2. The van der Waals surface area contributed by atoms with Crippen molar-refractivity contribution in [3.05, 3.63) is 35.4 Å². The maximum Gasteiger partial charge on any atom is 0.305 e. The van der Waals surface area contributed by atoms with Crippen molar-refractivity contribution in [2.75, 3.05) is 19.8 Å². The number of carboxylic acid groups (broad SMARTS) is 1. The summed E-state index contributed by atoms with van der Waals surface area (Å²) in [5.41, 5.74) is -0.392. The fourth-order valence-electron chi connectivity index (χ4n) is 3.33. The summed E-state index contributed by atoms with van der Waals surface area (Å²) < 4.78 is 33.7. The molecule has 1 aliphatic rings. The molecule has 1 unspecified atom stereocenters. The summed E-state index contributed by atoms with van der Waals surface area (Å²) in [6, 6.07) is 1.89. The largest absolute Gasteiger partial charge is 0.481 e. The van der Waals surface area contributed by atoms with Gasteiger partial charge >= 0.3 is 5.97 Å². The van der Waals surface area contributed by atoms with E-state index in [1.165, 1.54) is 17.9 Å². The summed E-state index contributed by atoms with van der Waals surface area (Å²) in [7, 11) is 0. The van der Waals surface area contributed by atoms with E-state index in [1.54, 1.807) is 0 Å². The van der Waals surface area contributed by atoms with Crippen molar-refractivity contribution in [1.82, 2.24) is 10.2 Å². The molecular formula is C19H24F2N2O5. The highest BCUT2D eigenvalue weighted by atomic mass is 19.1. The molecule has 7 nitrogen and oxygen atoms in total. The number of carboxylic acids is 1. The van der Waals surface area contributed by atoms with Crippen LogP contribution in [0.5, 0.6) is 0 Å². The maximum absolute atomic E-state index is 14.2. The minimum absolute atomic E-state index is 0.0224. The van der Waals surface area contributed by atoms with Crippen molar-refractivity contribution in [2.24, 2.45) is 0 Å². The van der Waals surface area contributed by atoms with Crippen molar-refractivity contribution in [1.29, 1.82) is 0 Å². The van der Waals surface area contributed by atoms with Crippen LogP contribution < -0.4 is 5.32 Å². The van der Waals surface area contributed by atoms with Gasteiger partial charge in [-0.15, -0.1) is 0 Å². The van der Waals surface area contributed by atoms with E-state index in [0.717, 1.165) is 12.1 Å². The average Bonchev–Trinajstić information content (AvgIpc) is 2.61. The Kier molecular flexibility index (Phi) is 7.86. The molecule has 1 aromatic carbocycles. The highest BCUT2D eigenvalue weighted by Crippen LogP contribution is 2.26. The van der Waals surface area contributed by atoms with Crippen LogP contribution in [0.25, 0.3) is 0 Å². The Morgan fingerprint density at radius 3 is 2.39 bits per heavy atom. The second-order valence-electron chi connectivity index (χ2n) is 6.67. The van der Waals surface area contributed by atoms with E-state index in [0.29, 0.717) is 26.1 Å². The third kappa shape index (κ3) is 5.98. The summed E-state index contributed by atoms with van der Waals surface area (Å²) in [6.07, 6.45) is 0.463. The molecule has 1 atom stereocenters. The van der Waals surface area contributed by atoms with Crippen LogP contribution in [-0.4, -0.2) is 53.6 Å². The minimum Gasteiger partial charge on any atom is -0.481 e. The Hall–Kier alpha value is -2.55. The van der Waals surface area contributed by atoms with Crippen molar-refractivity contribution in [3.8, 4) is 0 Å². The first-order valence-electron chi connectivity index (χ1n) is 9.09. The topological polar surface area (TPSA) is 95.9 Å². The van der Waals surface area contributed by atoms with Crippen LogP contribution in [0.1, 0.15) is 44.2 Å². The average molecular weight is 398 g/mol. The van der Waals surface area contributed by atoms with Crippen LogP contribution in [0.15, 0.2) is 18.2 Å². The number of nitrogens with one attached hydrogen (secondary N) is 1. The van der Waals surface area contributed by atoms with Gasteiger partial charge in [0.25, 0.3) is 0 Å². The molecule has 154 valence electrons. The molecule has 0 aromatic heterocycles. The molecule has 1 saturated heterocycles. The zero-order valence-electron chi connectivity index (χ0n) is 15.6. The predicted octanol–water partition coefficient (Wildman–Crippen LogP) is 2.01. The fourth-order valence-corrected chi connectivity index (χ4v) is 3.33. The molecule has 1 heterocycles. The van der Waals surface area contributed by atoms with Crippen molar-refractivity contribution in [2.45, 2.75) is 44.7 Å². The number of amides is 2. The summed E-state index contributed by atoms with van der Waals surface area (Å²) >= 11 is 0. The first-order valence-corrected chi connectivity index (χ1v) is 9.09. The molecular weight excluding hydrogens is 374 g/mol. The molecule has 0 bridgehead atoms. The van der Waals surface area contributed by atoms with Crippen molar-refractivity contribution < 1.29 is 33.0 Å². The summed E-state index contributed by atoms with van der Waals surface area (Å²) in [5, 5.41) is 11.4. The van der Waals surface area contributed by atoms with Crippen molar-refractivity contribution >= 4 is 17.8 Å². The van der Waals surface area contributed by atoms with Gasteiger partial charge in [0.1, 0.15) is 11.6 Å². The first-order chi connectivity index (χ1) is 13.3. The number of halogens is 2. The molecule has 2 N–H and O–H groups in total. The van der Waals surface area contributed by atoms with Gasteiger partial charge in [-0.3, -0.25) is 14.4 Å². The van der Waals surface area contributed by atoms with Crippen LogP contribution in [0.4, 0.5) is 8.78 Å². The lowest BCUT2D eigenvalue weighted by Crippen LogP contribution is -2.46. The SMILES string of the molecule is CC(=O)NC(CC(=O)N(CCC(=O)O)C1CCOCC1)c1c(F)cccc1F. The molecule has 0 saturated carbocycles. The molecule has 2 amide bonds. The van der Waals surface area contributed by atoms with E-state index in [1.807, 2.05) is 0 Å². The number of ether oxygens (including phenoxy) is 1. The summed E-state index contributed by atoms with van der Waals surface area (Å²) in [4.78, 5) is 36.9. The molecule has 1 aliphatic heterocycles. The smallest absolute Gasteiger partial charge is 0.305 e. The van der Waals surface area contributed by atoms with Crippen LogP contribution in [0.3, 0.4) is 0 Å². The van der Waals surface area contributed by atoms with Gasteiger partial charge in [-0.2, -0.15) is 0 Å². The van der Waals surface area contributed by atoms with Gasteiger partial charge in [-0.05, 0) is 25.0 Å². The highest BCUT2D eigenvalue weighted by molar-refractivity contribution is 5.80. The van der Waals surface area contributed by atoms with E-state index in [-0.39, 0.29) is 25.4 Å². The Labute approximate surface area is 161 Å². The van der Waals surface area contributed by atoms with E-state index >= 15 is 0 Å². The molecule has 28 heavy (non-hydrogen) atoms. The number of hydrogen-bond donors (Lipinski definition) is 2. The zero-order chi connectivity index (χ0) is 20.7. The lowest BCUT2D eigenvalue weighted by molar-refractivity contribution is -0.140. The minimum atomic E-state index is -1.20. The molecule has 1 fully saturated rings. The maximum atomic E-state index is 14.2. The van der Waals surface area contributed by atoms with Gasteiger partial charge in [0.05, 0.1) is 18.9 Å². The first kappa shape index (κ1) is 21.7. The standard InChI is InChI=1S/C19H24F2N2O5/c1-12(24)22-16(19-14(20)3-2-4-15(19)21)11-17(25)23(8-5-18(26)27)13-6-9-28-10-7-13/h2-4,13,16H,5-11H2,1H3,(H,22,24)(H,26,27). The van der Waals surface area contributed by atoms with Crippen LogP contribution in [-0.2, 0) is 19.1 Å². The number of hydrogen-bond acceptors (Lipinski definition) is 4. The summed E-state index contributed by atoms with van der Waals surface area (Å²) in [5.74, 6) is -3.80. The fraction of sp³-hybridized carbons (Fsp3) is 0.526. The monoisotopic (exact) mass is 398 g/mol. The molecule has 1 aromatic rings. The third-order valence-electron chi connectivity index (χ3n) is 4.62. The van der Waals surface area contributed by atoms with E-state index in [9.17, 15) is 23.2 Å². The summed E-state index contributed by atoms with van der Waals surface area (Å²) in [6.45, 7) is 2.06. The molecule has 0 spiro atoms. The Bertz CT molecular complexity index is 702. The lowest BCUT2D eigenvalue weighted by atomic mass is 9.99. The van der Waals surface area contributed by atoms with E-state index < -0.39 is 41.0 Å². The number of carbonyl (C=O) groups is 3.